The molecule has 24 heteroatoms. The van der Waals surface area contributed by atoms with Crippen molar-refractivity contribution in [1.29, 1.82) is 0 Å². The van der Waals surface area contributed by atoms with Crippen LogP contribution in [-0.2, 0) is 43.9 Å². The van der Waals surface area contributed by atoms with Gasteiger partial charge in [-0.1, -0.05) is 12.2 Å². The molecule has 3 saturated heterocycles. The minimum absolute atomic E-state index is 0.0589. The normalized spacial score (nSPS) is 37.3. The Hall–Kier alpha value is -2.75. The second-order valence-electron chi connectivity index (χ2n) is 10.5. The fraction of sp³-hybridized carbons (Fsp3) is 0.455. The molecule has 5 aromatic heterocycles. The van der Waals surface area contributed by atoms with Crippen LogP contribution in [0.5, 0.6) is 0 Å². The Morgan fingerprint density at radius 3 is 2.22 bits per heavy atom. The van der Waals surface area contributed by atoms with Gasteiger partial charge >= 0.3 is 13.5 Å². The number of aromatic nitrogens is 9. The summed E-state index contributed by atoms with van der Waals surface area (Å²) in [6.45, 7) is -9.85. The Labute approximate surface area is 266 Å². The quantitative estimate of drug-likeness (QED) is 0.176. The van der Waals surface area contributed by atoms with Crippen LogP contribution in [0.25, 0.3) is 28.0 Å². The molecule has 0 bridgehead atoms. The number of ether oxygens (including phenoxy) is 2. The highest BCUT2D eigenvalue weighted by Crippen LogP contribution is 2.58. The Kier molecular flexibility index (Phi) is 7.42. The topological polar surface area (TPSA) is 210 Å². The summed E-state index contributed by atoms with van der Waals surface area (Å²) in [4.78, 5) is 35.9. The lowest BCUT2D eigenvalue weighted by atomic mass is 10.1. The second-order valence-corrected chi connectivity index (χ2v) is 16.2. The molecule has 10 atom stereocenters. The highest BCUT2D eigenvalue weighted by atomic mass is 32.7. The van der Waals surface area contributed by atoms with Crippen molar-refractivity contribution >= 4 is 71.4 Å². The summed E-state index contributed by atoms with van der Waals surface area (Å²) >= 11 is 9.22. The van der Waals surface area contributed by atoms with Gasteiger partial charge in [-0.2, -0.15) is 0 Å². The van der Waals surface area contributed by atoms with E-state index in [9.17, 15) is 9.46 Å². The van der Waals surface area contributed by atoms with Gasteiger partial charge in [0.15, 0.2) is 53.1 Å². The minimum Gasteiger partial charge on any atom is -0.382 e. The summed E-state index contributed by atoms with van der Waals surface area (Å²) in [6.07, 6.45) is -4.20. The van der Waals surface area contributed by atoms with Crippen LogP contribution in [0.2, 0.25) is 0 Å². The molecule has 18 nitrogen and oxygen atoms in total. The lowest BCUT2D eigenvalue weighted by Gasteiger charge is -2.29. The Morgan fingerprint density at radius 2 is 1.50 bits per heavy atom. The third kappa shape index (κ3) is 5.12. The largest absolute Gasteiger partial charge is 0.386 e. The maximum absolute atomic E-state index is 16.1. The first-order chi connectivity index (χ1) is 22.0. The Bertz CT molecular complexity index is 2070. The van der Waals surface area contributed by atoms with Gasteiger partial charge in [-0.05, 0) is 11.8 Å². The van der Waals surface area contributed by atoms with Crippen LogP contribution in [0, 0.1) is 0 Å². The number of anilines is 1. The molecule has 0 aromatic carbocycles. The summed E-state index contributed by atoms with van der Waals surface area (Å²) < 4.78 is 83.7. The molecule has 8 heterocycles. The van der Waals surface area contributed by atoms with Gasteiger partial charge in [0.2, 0.25) is 0 Å². The molecule has 3 fully saturated rings. The highest BCUT2D eigenvalue weighted by molar-refractivity contribution is 8.44. The van der Waals surface area contributed by atoms with Crippen LogP contribution in [0.15, 0.2) is 37.7 Å². The highest BCUT2D eigenvalue weighted by Gasteiger charge is 2.54. The Balaban J connectivity index is 1.08. The number of hydrogen-bond acceptors (Lipinski definition) is 15. The molecule has 3 aliphatic heterocycles. The summed E-state index contributed by atoms with van der Waals surface area (Å²) in [5.41, 5.74) is 7.31. The smallest absolute Gasteiger partial charge is 0.382 e. The maximum Gasteiger partial charge on any atom is 0.386 e. The third-order valence-electron chi connectivity index (χ3n) is 7.74. The van der Waals surface area contributed by atoms with Crippen molar-refractivity contribution in [3.63, 3.8) is 0 Å². The van der Waals surface area contributed by atoms with E-state index in [2.05, 4.69) is 42.2 Å². The molecule has 46 heavy (non-hydrogen) atoms. The van der Waals surface area contributed by atoms with E-state index < -0.39 is 75.9 Å². The molecule has 8 rings (SSSR count). The molecule has 5 aromatic rings. The first-order valence-electron chi connectivity index (χ1n) is 13.5. The molecule has 3 aliphatic rings. The monoisotopic (exact) mass is 718 g/mol. The molecule has 0 saturated carbocycles. The van der Waals surface area contributed by atoms with Crippen LogP contribution in [-0.4, -0.2) is 98.3 Å². The zero-order valence-corrected chi connectivity index (χ0v) is 26.4. The number of imidazole rings is 3. The average molecular weight is 719 g/mol. The van der Waals surface area contributed by atoms with Crippen molar-refractivity contribution in [2.45, 2.75) is 49.2 Å². The van der Waals surface area contributed by atoms with Gasteiger partial charge in [-0.25, -0.2) is 43.2 Å². The Morgan fingerprint density at radius 1 is 0.870 bits per heavy atom. The average Bonchev–Trinajstić information content (AvgIpc) is 3.83. The fourth-order valence-electron chi connectivity index (χ4n) is 5.65. The lowest BCUT2D eigenvalue weighted by Crippen LogP contribution is -2.37. The van der Waals surface area contributed by atoms with E-state index in [1.54, 1.807) is 16.8 Å². The van der Waals surface area contributed by atoms with Gasteiger partial charge in [0.25, 0.3) is 0 Å². The first kappa shape index (κ1) is 30.6. The lowest BCUT2D eigenvalue weighted by molar-refractivity contribution is -0.0564. The van der Waals surface area contributed by atoms with Crippen LogP contribution in [0.4, 0.5) is 14.6 Å². The fourth-order valence-corrected chi connectivity index (χ4v) is 8.57. The van der Waals surface area contributed by atoms with Crippen molar-refractivity contribution in [1.82, 2.24) is 43.4 Å². The summed E-state index contributed by atoms with van der Waals surface area (Å²) in [5, 5.41) is 0. The summed E-state index contributed by atoms with van der Waals surface area (Å²) in [7, 11) is 0. The van der Waals surface area contributed by atoms with Crippen LogP contribution in [0.3, 0.4) is 0 Å². The minimum atomic E-state index is -4.38. The second kappa shape index (κ2) is 11.2. The van der Waals surface area contributed by atoms with Crippen molar-refractivity contribution in [2.75, 3.05) is 18.9 Å². The number of rotatable bonds is 2. The van der Waals surface area contributed by atoms with Crippen molar-refractivity contribution in [2.24, 2.45) is 0 Å². The van der Waals surface area contributed by atoms with Crippen LogP contribution < -0.4 is 5.73 Å². The summed E-state index contributed by atoms with van der Waals surface area (Å²) in [5.74, 6) is 0.0589. The molecule has 2 unspecified atom stereocenters. The number of alkyl halides is 2. The first-order valence-corrected chi connectivity index (χ1v) is 18.8. The number of thiol groups is 1. The van der Waals surface area contributed by atoms with E-state index >= 15 is 8.78 Å². The molecule has 0 amide bonds. The van der Waals surface area contributed by atoms with Crippen molar-refractivity contribution < 1.29 is 45.8 Å². The van der Waals surface area contributed by atoms with Gasteiger partial charge in [-0.15, -0.1) is 0 Å². The zero-order chi connectivity index (χ0) is 32.0. The predicted molar refractivity (Wildman–Crippen MR) is 158 cm³/mol. The molecule has 0 radical (unpaired) electrons. The van der Waals surface area contributed by atoms with Crippen LogP contribution in [0.1, 0.15) is 12.5 Å². The molecule has 0 spiro atoms. The molecular weight excluding hydrogens is 696 g/mol. The van der Waals surface area contributed by atoms with Crippen LogP contribution >= 0.6 is 25.8 Å². The van der Waals surface area contributed by atoms with Gasteiger partial charge in [0.05, 0.1) is 25.9 Å². The number of hydrogen-bond donors (Lipinski definition) is 3. The van der Waals surface area contributed by atoms with E-state index in [1.807, 2.05) is 0 Å². The van der Waals surface area contributed by atoms with Gasteiger partial charge < -0.3 is 24.6 Å². The van der Waals surface area contributed by atoms with Gasteiger partial charge in [0.1, 0.15) is 42.6 Å². The maximum atomic E-state index is 16.1. The number of nitrogen functional groups attached to an aromatic ring is 1. The van der Waals surface area contributed by atoms with E-state index in [-0.39, 0.29) is 22.6 Å². The predicted octanol–water partition coefficient (Wildman–Crippen LogP) is 2.04. The SMILES string of the molecule is Nc1ncnc2c1ncn2[C@@H]1O[C@@H]2COP(O)(=S)O[C@H]3[C@@H](F)[C@H](n4cnc5c4ncn4ccnc54)O[C@@H]3COP(=O)(S)O[C@H]2[C@H]1F. The summed E-state index contributed by atoms with van der Waals surface area (Å²) in [6, 6.07) is 0. The molecular formula is C22H22F2N10O8P2S2. The standard InChI is InChI=1S/C22H22F2N10O8P2S2/c23-11-15-9(39-21(11)33-7-29-13-17(25)27-5-28-19(13)33)3-37-44(36,46)42-16-10(4-38-43(35,45)41-15)40-22(12(16)24)34-8-30-14-18-26-1-2-32(18)6-31-20(14)34/h1-2,5-12,15-16,21-22H,3-4H2,(H,35,45)(H,36,46)(H2,25,27,28)/t9-,10-,11-,12-,15-,16-,21-,22-,43?,44?/m1/s1. The number of nitrogens with zero attached hydrogens (tertiary/aromatic N) is 9. The third-order valence-corrected chi connectivity index (χ3v) is 10.9. The van der Waals surface area contributed by atoms with Crippen molar-refractivity contribution in [3.05, 3.63) is 37.7 Å². The van der Waals surface area contributed by atoms with Gasteiger partial charge in [-0.3, -0.25) is 27.1 Å². The van der Waals surface area contributed by atoms with E-state index in [0.717, 1.165) is 0 Å². The van der Waals surface area contributed by atoms with E-state index in [4.69, 9.17) is 45.1 Å². The molecule has 3 N–H and O–H groups in total. The van der Waals surface area contributed by atoms with E-state index in [0.29, 0.717) is 11.2 Å². The molecule has 0 aliphatic carbocycles. The zero-order valence-electron chi connectivity index (χ0n) is 22.9. The number of halogens is 2. The molecule has 244 valence electrons. The number of fused-ring (bicyclic) bond motifs is 6. The van der Waals surface area contributed by atoms with Crippen molar-refractivity contribution in [3.8, 4) is 0 Å². The van der Waals surface area contributed by atoms with E-state index in [1.165, 1.54) is 34.4 Å². The van der Waals surface area contributed by atoms with Gasteiger partial charge in [0, 0.05) is 12.4 Å². The number of nitrogens with two attached hydrogens (primary N) is 1.